The van der Waals surface area contributed by atoms with E-state index in [-0.39, 0.29) is 31.1 Å². The van der Waals surface area contributed by atoms with Crippen molar-refractivity contribution >= 4 is 21.8 Å². The van der Waals surface area contributed by atoms with E-state index in [1.54, 1.807) is 19.1 Å². The van der Waals surface area contributed by atoms with Gasteiger partial charge in [0.15, 0.2) is 0 Å². The van der Waals surface area contributed by atoms with Crippen LogP contribution in [0.4, 0.5) is 5.82 Å². The number of carbonyl (C=O) groups is 1. The summed E-state index contributed by atoms with van der Waals surface area (Å²) in [6.45, 7) is 2.06. The Labute approximate surface area is 123 Å². The fourth-order valence-electron chi connectivity index (χ4n) is 1.36. The molecular formula is C13H17N3O4S. The molecule has 0 atom stereocenters. The quantitative estimate of drug-likeness (QED) is 0.569. The Hall–Kier alpha value is -2.11. The number of sulfonamides is 1. The van der Waals surface area contributed by atoms with Gasteiger partial charge in [-0.15, -0.1) is 0 Å². The first-order valence-corrected chi connectivity index (χ1v) is 7.94. The lowest BCUT2D eigenvalue weighted by Gasteiger charge is -2.07. The fraction of sp³-hybridized carbons (Fsp3) is 0.385. The van der Waals surface area contributed by atoms with Gasteiger partial charge in [-0.3, -0.25) is 9.52 Å². The molecule has 0 radical (unpaired) electrons. The van der Waals surface area contributed by atoms with Gasteiger partial charge < -0.3 is 10.5 Å². The summed E-state index contributed by atoms with van der Waals surface area (Å²) in [5.74, 6) is 4.54. The highest BCUT2D eigenvalue weighted by atomic mass is 32.2. The second-order valence-corrected chi connectivity index (χ2v) is 5.73. The molecule has 8 heteroatoms. The number of hydrogen-bond donors (Lipinski definition) is 2. The molecule has 3 N–H and O–H groups in total. The van der Waals surface area contributed by atoms with Crippen LogP contribution >= 0.6 is 0 Å². The maximum Gasteiger partial charge on any atom is 0.306 e. The van der Waals surface area contributed by atoms with Gasteiger partial charge in [0.2, 0.25) is 10.0 Å². The van der Waals surface area contributed by atoms with Gasteiger partial charge >= 0.3 is 5.97 Å². The van der Waals surface area contributed by atoms with Crippen LogP contribution in [0.5, 0.6) is 0 Å². The highest BCUT2D eigenvalue weighted by molar-refractivity contribution is 7.92. The first-order chi connectivity index (χ1) is 9.96. The normalized spacial score (nSPS) is 10.4. The number of pyridine rings is 1. The molecule has 0 saturated heterocycles. The van der Waals surface area contributed by atoms with Crippen molar-refractivity contribution < 1.29 is 17.9 Å². The van der Waals surface area contributed by atoms with E-state index in [0.29, 0.717) is 5.69 Å². The molecule has 21 heavy (non-hydrogen) atoms. The van der Waals surface area contributed by atoms with Crippen molar-refractivity contribution in [3.8, 4) is 11.8 Å². The average molecular weight is 311 g/mol. The number of ether oxygens (including phenoxy) is 1. The maximum absolute atomic E-state index is 11.8. The van der Waals surface area contributed by atoms with Gasteiger partial charge in [-0.1, -0.05) is 12.0 Å². The summed E-state index contributed by atoms with van der Waals surface area (Å²) in [4.78, 5) is 15.2. The molecule has 0 bridgehead atoms. The third-order valence-corrected chi connectivity index (χ3v) is 3.47. The number of esters is 1. The number of anilines is 1. The Morgan fingerprint density at radius 3 is 2.90 bits per heavy atom. The molecule has 1 rings (SSSR count). The number of nitrogens with two attached hydrogens (primary N) is 1. The van der Waals surface area contributed by atoms with Crippen LogP contribution in [0.2, 0.25) is 0 Å². The third-order valence-electron chi connectivity index (χ3n) is 2.21. The summed E-state index contributed by atoms with van der Waals surface area (Å²) in [6, 6.07) is 4.76. The molecule has 1 aromatic heterocycles. The number of nitrogens with zero attached hydrogens (tertiary/aromatic N) is 1. The summed E-state index contributed by atoms with van der Waals surface area (Å²) in [7, 11) is -3.67. The molecule has 0 aromatic carbocycles. The Morgan fingerprint density at radius 2 is 2.24 bits per heavy atom. The monoisotopic (exact) mass is 311 g/mol. The number of hydrogen-bond acceptors (Lipinski definition) is 6. The van der Waals surface area contributed by atoms with E-state index < -0.39 is 16.0 Å². The van der Waals surface area contributed by atoms with Gasteiger partial charge in [-0.2, -0.15) is 0 Å². The van der Waals surface area contributed by atoms with Crippen molar-refractivity contribution in [2.45, 2.75) is 13.3 Å². The zero-order valence-electron chi connectivity index (χ0n) is 11.6. The standard InChI is InChI=1S/C13H17N3O4S/c1-2-20-13(17)8-10-21(18,19)16-12-7-3-5-11(15-12)6-4-9-14/h3,5,7H,2,8-10,14H2,1H3,(H,15,16). The van der Waals surface area contributed by atoms with Gasteiger partial charge in [0.25, 0.3) is 0 Å². The van der Waals surface area contributed by atoms with Crippen molar-refractivity contribution in [1.82, 2.24) is 4.98 Å². The van der Waals surface area contributed by atoms with Crippen molar-refractivity contribution in [3.05, 3.63) is 23.9 Å². The second kappa shape index (κ2) is 8.24. The summed E-state index contributed by atoms with van der Waals surface area (Å²) < 4.78 is 30.6. The van der Waals surface area contributed by atoms with Gasteiger partial charge in [0, 0.05) is 0 Å². The van der Waals surface area contributed by atoms with E-state index in [1.165, 1.54) is 6.07 Å². The van der Waals surface area contributed by atoms with Gasteiger partial charge in [0.1, 0.15) is 11.5 Å². The van der Waals surface area contributed by atoms with Crippen LogP contribution in [-0.2, 0) is 19.6 Å². The Kier molecular flexibility index (Phi) is 6.65. The van der Waals surface area contributed by atoms with Gasteiger partial charge in [-0.25, -0.2) is 13.4 Å². The van der Waals surface area contributed by atoms with Crippen LogP contribution in [0.25, 0.3) is 0 Å². The minimum atomic E-state index is -3.67. The van der Waals surface area contributed by atoms with Crippen molar-refractivity contribution in [1.29, 1.82) is 0 Å². The van der Waals surface area contributed by atoms with Crippen molar-refractivity contribution in [2.24, 2.45) is 5.73 Å². The van der Waals surface area contributed by atoms with E-state index in [1.807, 2.05) is 0 Å². The second-order valence-electron chi connectivity index (χ2n) is 3.89. The molecule has 0 aliphatic carbocycles. The predicted molar refractivity (Wildman–Crippen MR) is 78.8 cm³/mol. The van der Waals surface area contributed by atoms with Crippen molar-refractivity contribution in [3.63, 3.8) is 0 Å². The SMILES string of the molecule is CCOC(=O)CCS(=O)(=O)Nc1cccc(C#CCN)n1. The first kappa shape index (κ1) is 16.9. The van der Waals surface area contributed by atoms with E-state index in [9.17, 15) is 13.2 Å². The van der Waals surface area contributed by atoms with E-state index in [0.717, 1.165) is 0 Å². The lowest BCUT2D eigenvalue weighted by Crippen LogP contribution is -2.20. The van der Waals surface area contributed by atoms with E-state index in [4.69, 9.17) is 5.73 Å². The minimum Gasteiger partial charge on any atom is -0.466 e. The fourth-order valence-corrected chi connectivity index (χ4v) is 2.33. The molecule has 0 aliphatic heterocycles. The summed E-state index contributed by atoms with van der Waals surface area (Å²) in [5, 5.41) is 0. The average Bonchev–Trinajstić information content (AvgIpc) is 2.43. The number of rotatable bonds is 6. The molecule has 114 valence electrons. The van der Waals surface area contributed by atoms with E-state index in [2.05, 4.69) is 26.3 Å². The molecule has 0 aliphatic rings. The molecule has 1 aromatic rings. The maximum atomic E-state index is 11.8. The molecule has 0 spiro atoms. The number of nitrogens with one attached hydrogen (secondary N) is 1. The Balaban J connectivity index is 2.69. The molecule has 0 fully saturated rings. The molecule has 0 unspecified atom stereocenters. The zero-order valence-corrected chi connectivity index (χ0v) is 12.4. The molecule has 0 amide bonds. The predicted octanol–water partition coefficient (Wildman–Crippen LogP) is 0.0867. The number of aromatic nitrogens is 1. The summed E-state index contributed by atoms with van der Waals surface area (Å²) in [5.41, 5.74) is 5.66. The minimum absolute atomic E-state index is 0.141. The topological polar surface area (TPSA) is 111 Å². The van der Waals surface area contributed by atoms with Crippen LogP contribution in [0.15, 0.2) is 18.2 Å². The first-order valence-electron chi connectivity index (χ1n) is 6.29. The third kappa shape index (κ3) is 6.74. The van der Waals surface area contributed by atoms with Crippen LogP contribution in [0.1, 0.15) is 19.0 Å². The lowest BCUT2D eigenvalue weighted by atomic mass is 10.3. The smallest absolute Gasteiger partial charge is 0.306 e. The molecular weight excluding hydrogens is 294 g/mol. The summed E-state index contributed by atoms with van der Waals surface area (Å²) in [6.07, 6.45) is -0.212. The van der Waals surface area contributed by atoms with Gasteiger partial charge in [-0.05, 0) is 25.0 Å². The molecule has 1 heterocycles. The summed E-state index contributed by atoms with van der Waals surface area (Å²) >= 11 is 0. The molecule has 0 saturated carbocycles. The largest absolute Gasteiger partial charge is 0.466 e. The van der Waals surface area contributed by atoms with Crippen molar-refractivity contribution in [2.75, 3.05) is 23.6 Å². The Morgan fingerprint density at radius 1 is 1.48 bits per heavy atom. The Bertz CT molecular complexity index is 647. The van der Waals surface area contributed by atoms with Gasteiger partial charge in [0.05, 0.1) is 25.3 Å². The van der Waals surface area contributed by atoms with Crippen LogP contribution in [-0.4, -0.2) is 38.3 Å². The highest BCUT2D eigenvalue weighted by Crippen LogP contribution is 2.07. The van der Waals surface area contributed by atoms with E-state index >= 15 is 0 Å². The highest BCUT2D eigenvalue weighted by Gasteiger charge is 2.14. The molecule has 7 nitrogen and oxygen atoms in total. The number of carbonyl (C=O) groups excluding carboxylic acids is 1. The van der Waals surface area contributed by atoms with Crippen LogP contribution in [0, 0.1) is 11.8 Å². The van der Waals surface area contributed by atoms with Crippen LogP contribution < -0.4 is 10.5 Å². The lowest BCUT2D eigenvalue weighted by molar-refractivity contribution is -0.142. The zero-order chi connectivity index (χ0) is 15.7. The van der Waals surface area contributed by atoms with Crippen LogP contribution in [0.3, 0.4) is 0 Å².